The van der Waals surface area contributed by atoms with Gasteiger partial charge < -0.3 is 4.52 Å². The Bertz CT molecular complexity index is 506. The molecule has 0 aliphatic rings. The van der Waals surface area contributed by atoms with E-state index in [1.165, 1.54) is 0 Å². The molecule has 0 spiro atoms. The van der Waals surface area contributed by atoms with Crippen LogP contribution in [0.5, 0.6) is 0 Å². The van der Waals surface area contributed by atoms with Gasteiger partial charge in [0.1, 0.15) is 5.69 Å². The van der Waals surface area contributed by atoms with E-state index in [2.05, 4.69) is 24.9 Å². The first-order chi connectivity index (χ1) is 7.50. The van der Waals surface area contributed by atoms with Crippen molar-refractivity contribution in [1.82, 2.24) is 20.3 Å². The average molecular weight is 252 g/mol. The van der Waals surface area contributed by atoms with Crippen molar-refractivity contribution in [2.24, 2.45) is 0 Å². The lowest BCUT2D eigenvalue weighted by Crippen LogP contribution is -2.16. The molecule has 0 aliphatic carbocycles. The normalized spacial score (nSPS) is 13.9. The summed E-state index contributed by atoms with van der Waals surface area (Å²) in [5.74, 6) is -0.134. The van der Waals surface area contributed by atoms with Crippen LogP contribution in [0.1, 0.15) is 0 Å². The summed E-state index contributed by atoms with van der Waals surface area (Å²) in [4.78, 5) is 3.00. The van der Waals surface area contributed by atoms with Gasteiger partial charge in [0.2, 0.25) is 12.2 Å². The van der Waals surface area contributed by atoms with Gasteiger partial charge >= 0.3 is 5.51 Å². The first-order valence-electron chi connectivity index (χ1n) is 3.79. The second kappa shape index (κ2) is 3.70. The predicted molar refractivity (Wildman–Crippen MR) is 44.3 cm³/mol. The third-order valence-electron chi connectivity index (χ3n) is 1.60. The van der Waals surface area contributed by atoms with Crippen LogP contribution in [-0.4, -0.2) is 30.1 Å². The van der Waals surface area contributed by atoms with E-state index in [1.807, 2.05) is 0 Å². The lowest BCUT2D eigenvalue weighted by Gasteiger charge is -2.04. The van der Waals surface area contributed by atoms with Crippen LogP contribution < -0.4 is 0 Å². The van der Waals surface area contributed by atoms with Crippen LogP contribution in [0.25, 0.3) is 11.5 Å². The molecule has 0 bridgehead atoms. The summed E-state index contributed by atoms with van der Waals surface area (Å²) in [6, 6.07) is 0. The monoisotopic (exact) mass is 252 g/mol. The predicted octanol–water partition coefficient (Wildman–Crippen LogP) is 1.09. The standard InChI is InChI=1S/C6H3F3N4O2S/c7-6(8,9)16(14)3-1-11-12-4(3)5-10-2-15-13-5/h1-2H,(H,11,12). The van der Waals surface area contributed by atoms with Crippen molar-refractivity contribution in [2.45, 2.75) is 10.4 Å². The van der Waals surface area contributed by atoms with Gasteiger partial charge in [-0.25, -0.2) is 4.21 Å². The number of hydrogen-bond donors (Lipinski definition) is 1. The van der Waals surface area contributed by atoms with Gasteiger partial charge in [0, 0.05) is 0 Å². The topological polar surface area (TPSA) is 84.7 Å². The Labute approximate surface area is 88.3 Å². The maximum absolute atomic E-state index is 12.2. The van der Waals surface area contributed by atoms with Crippen molar-refractivity contribution in [3.8, 4) is 11.5 Å². The number of aromatic nitrogens is 4. The van der Waals surface area contributed by atoms with Gasteiger partial charge in [0.15, 0.2) is 10.8 Å². The van der Waals surface area contributed by atoms with Crippen molar-refractivity contribution >= 4 is 10.8 Å². The largest absolute Gasteiger partial charge is 0.475 e. The van der Waals surface area contributed by atoms with E-state index in [0.717, 1.165) is 12.6 Å². The third-order valence-corrected chi connectivity index (χ3v) is 2.73. The molecule has 16 heavy (non-hydrogen) atoms. The van der Waals surface area contributed by atoms with Crippen LogP contribution in [0.4, 0.5) is 13.2 Å². The molecule has 0 amide bonds. The summed E-state index contributed by atoms with van der Waals surface area (Å²) in [6.45, 7) is 0. The van der Waals surface area contributed by atoms with E-state index < -0.39 is 21.2 Å². The second-order valence-corrected chi connectivity index (χ2v) is 4.02. The first kappa shape index (κ1) is 10.8. The second-order valence-electron chi connectivity index (χ2n) is 2.58. The molecular weight excluding hydrogens is 249 g/mol. The van der Waals surface area contributed by atoms with Gasteiger partial charge in [0.05, 0.1) is 11.1 Å². The highest BCUT2D eigenvalue weighted by molar-refractivity contribution is 7.86. The number of rotatable bonds is 2. The number of H-pyrrole nitrogens is 1. The first-order valence-corrected chi connectivity index (χ1v) is 4.94. The molecule has 6 nitrogen and oxygen atoms in total. The van der Waals surface area contributed by atoms with Gasteiger partial charge in [0.25, 0.3) is 0 Å². The van der Waals surface area contributed by atoms with E-state index in [4.69, 9.17) is 0 Å². The van der Waals surface area contributed by atoms with Gasteiger partial charge in [-0.15, -0.1) is 0 Å². The molecule has 0 aliphatic heterocycles. The maximum Gasteiger partial charge on any atom is 0.475 e. The Balaban J connectivity index is 2.45. The van der Waals surface area contributed by atoms with E-state index in [1.54, 1.807) is 0 Å². The number of nitrogens with zero attached hydrogens (tertiary/aromatic N) is 3. The minimum Gasteiger partial charge on any atom is -0.342 e. The van der Waals surface area contributed by atoms with E-state index >= 15 is 0 Å². The van der Waals surface area contributed by atoms with E-state index in [9.17, 15) is 17.4 Å². The highest BCUT2D eigenvalue weighted by Crippen LogP contribution is 2.30. The summed E-state index contributed by atoms with van der Waals surface area (Å²) in [7, 11) is -3.18. The van der Waals surface area contributed by atoms with Crippen LogP contribution in [0.2, 0.25) is 0 Å². The quantitative estimate of drug-likeness (QED) is 0.864. The fourth-order valence-electron chi connectivity index (χ4n) is 0.981. The Morgan fingerprint density at radius 1 is 1.44 bits per heavy atom. The minimum absolute atomic E-state index is 0.134. The van der Waals surface area contributed by atoms with E-state index in [-0.39, 0.29) is 11.5 Å². The lowest BCUT2D eigenvalue weighted by atomic mass is 10.4. The van der Waals surface area contributed by atoms with Crippen molar-refractivity contribution in [2.75, 3.05) is 0 Å². The molecule has 86 valence electrons. The fraction of sp³-hybridized carbons (Fsp3) is 0.167. The molecular formula is C6H3F3N4O2S. The molecule has 0 fully saturated rings. The van der Waals surface area contributed by atoms with Gasteiger partial charge in [-0.3, -0.25) is 5.10 Å². The third kappa shape index (κ3) is 1.83. The average Bonchev–Trinajstić information content (AvgIpc) is 2.85. The highest BCUT2D eigenvalue weighted by Gasteiger charge is 2.40. The van der Waals surface area contributed by atoms with Gasteiger partial charge in [-0.1, -0.05) is 5.16 Å². The van der Waals surface area contributed by atoms with Crippen molar-refractivity contribution in [3.63, 3.8) is 0 Å². The molecule has 2 heterocycles. The molecule has 1 atom stereocenters. The smallest absolute Gasteiger partial charge is 0.342 e. The zero-order valence-corrected chi connectivity index (χ0v) is 8.17. The molecule has 2 aromatic rings. The zero-order valence-electron chi connectivity index (χ0n) is 7.35. The molecule has 0 radical (unpaired) electrons. The lowest BCUT2D eigenvalue weighted by molar-refractivity contribution is -0.0384. The molecule has 1 unspecified atom stereocenters. The summed E-state index contributed by atoms with van der Waals surface area (Å²) >= 11 is 0. The SMILES string of the molecule is O=S(c1cn[nH]c1-c1ncon1)C(F)(F)F. The number of hydrogen-bond acceptors (Lipinski definition) is 5. The Hall–Kier alpha value is -1.71. The van der Waals surface area contributed by atoms with Crippen molar-refractivity contribution < 1.29 is 21.9 Å². The van der Waals surface area contributed by atoms with Crippen LogP contribution in [0, 0.1) is 0 Å². The summed E-state index contributed by atoms with van der Waals surface area (Å²) in [5, 5.41) is 8.93. The summed E-state index contributed by atoms with van der Waals surface area (Å²) in [6.07, 6.45) is 1.76. The molecule has 0 aromatic carbocycles. The number of nitrogens with one attached hydrogen (secondary N) is 1. The maximum atomic E-state index is 12.2. The van der Waals surface area contributed by atoms with Crippen LogP contribution in [-0.2, 0) is 10.8 Å². The van der Waals surface area contributed by atoms with Gasteiger partial charge in [-0.2, -0.15) is 23.3 Å². The van der Waals surface area contributed by atoms with Crippen molar-refractivity contribution in [1.29, 1.82) is 0 Å². The van der Waals surface area contributed by atoms with Crippen LogP contribution in [0.3, 0.4) is 0 Å². The Kier molecular flexibility index (Phi) is 2.50. The van der Waals surface area contributed by atoms with Crippen LogP contribution >= 0.6 is 0 Å². The summed E-state index contributed by atoms with van der Waals surface area (Å²) < 4.78 is 52.1. The van der Waals surface area contributed by atoms with E-state index in [0.29, 0.717) is 0 Å². The molecule has 2 aromatic heterocycles. The minimum atomic E-state index is -4.86. The highest BCUT2D eigenvalue weighted by atomic mass is 32.2. The van der Waals surface area contributed by atoms with Gasteiger partial charge in [-0.05, 0) is 0 Å². The molecule has 0 saturated heterocycles. The molecule has 0 saturated carbocycles. The zero-order chi connectivity index (χ0) is 11.8. The Morgan fingerprint density at radius 3 is 2.75 bits per heavy atom. The van der Waals surface area contributed by atoms with Crippen molar-refractivity contribution in [3.05, 3.63) is 12.6 Å². The van der Waals surface area contributed by atoms with Crippen LogP contribution in [0.15, 0.2) is 22.0 Å². The Morgan fingerprint density at radius 2 is 2.19 bits per heavy atom. The molecule has 1 N–H and O–H groups in total. The summed E-state index contributed by atoms with van der Waals surface area (Å²) in [5.41, 5.74) is -5.04. The fourth-order valence-corrected chi connectivity index (χ4v) is 1.70. The number of alkyl halides is 3. The molecule has 2 rings (SSSR count). The molecule has 10 heteroatoms. The number of aromatic amines is 1. The number of halogens is 3.